The Hall–Kier alpha value is -1.87. The second-order valence-electron chi connectivity index (χ2n) is 4.77. The van der Waals surface area contributed by atoms with Crippen molar-refractivity contribution in [1.29, 1.82) is 0 Å². The number of hydrogen-bond acceptors (Lipinski definition) is 2. The van der Waals surface area contributed by atoms with Crippen LogP contribution in [0.3, 0.4) is 0 Å². The van der Waals surface area contributed by atoms with Crippen LogP contribution in [0.1, 0.15) is 22.7 Å². The van der Waals surface area contributed by atoms with E-state index < -0.39 is 0 Å². The number of aromatic hydroxyl groups is 1. The molecular formula is C16H18FNO. The summed E-state index contributed by atoms with van der Waals surface area (Å²) in [6.07, 6.45) is 0.750. The summed E-state index contributed by atoms with van der Waals surface area (Å²) >= 11 is 0. The Balaban J connectivity index is 2.22. The molecule has 2 aromatic carbocycles. The van der Waals surface area contributed by atoms with E-state index in [1.54, 1.807) is 18.2 Å². The number of nitrogens with one attached hydrogen (secondary N) is 1. The summed E-state index contributed by atoms with van der Waals surface area (Å²) in [5, 5.41) is 12.5. The quantitative estimate of drug-likeness (QED) is 0.882. The van der Waals surface area contributed by atoms with Gasteiger partial charge in [0.2, 0.25) is 0 Å². The molecule has 0 aliphatic rings. The van der Waals surface area contributed by atoms with Gasteiger partial charge in [0.25, 0.3) is 0 Å². The summed E-state index contributed by atoms with van der Waals surface area (Å²) in [5.41, 5.74) is 2.95. The maximum atomic E-state index is 13.5. The predicted octanol–water partition coefficient (Wildman–Crippen LogP) is 3.34. The van der Waals surface area contributed by atoms with Crippen molar-refractivity contribution in [1.82, 2.24) is 5.32 Å². The minimum Gasteiger partial charge on any atom is -0.508 e. The second-order valence-corrected chi connectivity index (χ2v) is 4.77. The molecule has 2 aromatic rings. The smallest absolute Gasteiger partial charge is 0.123 e. The molecule has 3 heteroatoms. The molecule has 0 saturated carbocycles. The zero-order chi connectivity index (χ0) is 13.8. The molecule has 100 valence electrons. The summed E-state index contributed by atoms with van der Waals surface area (Å²) in [7, 11) is 1.87. The van der Waals surface area contributed by atoms with E-state index in [0.717, 1.165) is 23.1 Å². The normalized spacial score (nSPS) is 12.4. The van der Waals surface area contributed by atoms with Gasteiger partial charge in [0.1, 0.15) is 11.6 Å². The van der Waals surface area contributed by atoms with Crippen molar-refractivity contribution in [3.8, 4) is 5.75 Å². The SMILES string of the molecule is CNC(Cc1ccc(O)cc1)c1cc(C)cc(F)c1. The lowest BCUT2D eigenvalue weighted by molar-refractivity contribution is 0.475. The number of halogens is 1. The monoisotopic (exact) mass is 259 g/mol. The van der Waals surface area contributed by atoms with Gasteiger partial charge in [-0.15, -0.1) is 0 Å². The number of phenols is 1. The van der Waals surface area contributed by atoms with Gasteiger partial charge in [-0.05, 0) is 61.3 Å². The van der Waals surface area contributed by atoms with Crippen LogP contribution in [0.2, 0.25) is 0 Å². The minimum absolute atomic E-state index is 0.0546. The van der Waals surface area contributed by atoms with Crippen LogP contribution in [-0.4, -0.2) is 12.2 Å². The molecule has 1 atom stereocenters. The maximum Gasteiger partial charge on any atom is 0.123 e. The van der Waals surface area contributed by atoms with E-state index in [-0.39, 0.29) is 17.6 Å². The lowest BCUT2D eigenvalue weighted by Gasteiger charge is -2.17. The Labute approximate surface area is 112 Å². The number of likely N-dealkylation sites (N-methyl/N-ethyl adjacent to an activating group) is 1. The third kappa shape index (κ3) is 3.55. The summed E-state index contributed by atoms with van der Waals surface area (Å²) in [6, 6.07) is 12.2. The highest BCUT2D eigenvalue weighted by atomic mass is 19.1. The molecule has 0 heterocycles. The van der Waals surface area contributed by atoms with Crippen LogP contribution in [0, 0.1) is 12.7 Å². The molecule has 0 fully saturated rings. The third-order valence-corrected chi connectivity index (χ3v) is 3.19. The van der Waals surface area contributed by atoms with Gasteiger partial charge in [-0.1, -0.05) is 18.2 Å². The number of benzene rings is 2. The van der Waals surface area contributed by atoms with E-state index >= 15 is 0 Å². The van der Waals surface area contributed by atoms with Crippen LogP contribution >= 0.6 is 0 Å². The molecular weight excluding hydrogens is 241 g/mol. The van der Waals surface area contributed by atoms with E-state index in [1.165, 1.54) is 6.07 Å². The van der Waals surface area contributed by atoms with Crippen molar-refractivity contribution in [2.75, 3.05) is 7.05 Å². The summed E-state index contributed by atoms with van der Waals surface area (Å²) in [4.78, 5) is 0. The molecule has 0 aliphatic carbocycles. The molecule has 0 spiro atoms. The Morgan fingerprint density at radius 3 is 2.42 bits per heavy atom. The average molecular weight is 259 g/mol. The largest absolute Gasteiger partial charge is 0.508 e. The first kappa shape index (κ1) is 13.6. The van der Waals surface area contributed by atoms with Crippen molar-refractivity contribution in [3.63, 3.8) is 0 Å². The van der Waals surface area contributed by atoms with E-state index in [2.05, 4.69) is 5.32 Å². The maximum absolute atomic E-state index is 13.5. The zero-order valence-corrected chi connectivity index (χ0v) is 11.2. The number of aryl methyl sites for hydroxylation is 1. The standard InChI is InChI=1S/C16H18FNO/c1-11-7-13(10-14(17)8-11)16(18-2)9-12-3-5-15(19)6-4-12/h3-8,10,16,18-19H,9H2,1-2H3. The minimum atomic E-state index is -0.207. The fourth-order valence-electron chi connectivity index (χ4n) is 2.22. The summed E-state index contributed by atoms with van der Waals surface area (Å²) in [5.74, 6) is 0.0484. The van der Waals surface area contributed by atoms with Crippen molar-refractivity contribution in [2.45, 2.75) is 19.4 Å². The molecule has 0 aliphatic heterocycles. The fourth-order valence-corrected chi connectivity index (χ4v) is 2.22. The van der Waals surface area contributed by atoms with Crippen LogP contribution in [0.5, 0.6) is 5.75 Å². The Bertz CT molecular complexity index is 531. The van der Waals surface area contributed by atoms with Gasteiger partial charge < -0.3 is 10.4 Å². The first-order chi connectivity index (χ1) is 9.08. The van der Waals surface area contributed by atoms with Crippen LogP contribution in [0.15, 0.2) is 42.5 Å². The molecule has 1 unspecified atom stereocenters. The van der Waals surface area contributed by atoms with Crippen molar-refractivity contribution >= 4 is 0 Å². The summed E-state index contributed by atoms with van der Waals surface area (Å²) in [6.45, 7) is 1.89. The first-order valence-corrected chi connectivity index (χ1v) is 6.31. The van der Waals surface area contributed by atoms with E-state index in [4.69, 9.17) is 0 Å². The Morgan fingerprint density at radius 2 is 1.84 bits per heavy atom. The number of hydrogen-bond donors (Lipinski definition) is 2. The van der Waals surface area contributed by atoms with Crippen LogP contribution in [0.25, 0.3) is 0 Å². The van der Waals surface area contributed by atoms with E-state index in [0.29, 0.717) is 0 Å². The lowest BCUT2D eigenvalue weighted by atomic mass is 9.97. The number of phenolic OH excluding ortho intramolecular Hbond substituents is 1. The van der Waals surface area contributed by atoms with Gasteiger partial charge in [-0.2, -0.15) is 0 Å². The molecule has 0 saturated heterocycles. The van der Waals surface area contributed by atoms with Gasteiger partial charge in [0, 0.05) is 6.04 Å². The molecule has 2 N–H and O–H groups in total. The molecule has 0 amide bonds. The van der Waals surface area contributed by atoms with Crippen molar-refractivity contribution in [2.24, 2.45) is 0 Å². The van der Waals surface area contributed by atoms with Crippen LogP contribution < -0.4 is 5.32 Å². The van der Waals surface area contributed by atoms with E-state index in [9.17, 15) is 9.50 Å². The van der Waals surface area contributed by atoms with Gasteiger partial charge in [-0.25, -0.2) is 4.39 Å². The zero-order valence-electron chi connectivity index (χ0n) is 11.2. The average Bonchev–Trinajstić information content (AvgIpc) is 2.37. The van der Waals surface area contributed by atoms with Crippen LogP contribution in [0.4, 0.5) is 4.39 Å². The highest BCUT2D eigenvalue weighted by molar-refractivity contribution is 5.30. The molecule has 19 heavy (non-hydrogen) atoms. The number of rotatable bonds is 4. The highest BCUT2D eigenvalue weighted by Crippen LogP contribution is 2.21. The third-order valence-electron chi connectivity index (χ3n) is 3.19. The topological polar surface area (TPSA) is 32.3 Å². The summed E-state index contributed by atoms with van der Waals surface area (Å²) < 4.78 is 13.5. The van der Waals surface area contributed by atoms with Crippen molar-refractivity contribution < 1.29 is 9.50 Å². The van der Waals surface area contributed by atoms with Gasteiger partial charge in [-0.3, -0.25) is 0 Å². The molecule has 0 bridgehead atoms. The Morgan fingerprint density at radius 1 is 1.16 bits per heavy atom. The van der Waals surface area contributed by atoms with Gasteiger partial charge in [0.05, 0.1) is 0 Å². The molecule has 2 nitrogen and oxygen atoms in total. The molecule has 0 aromatic heterocycles. The van der Waals surface area contributed by atoms with E-state index in [1.807, 2.05) is 32.2 Å². The van der Waals surface area contributed by atoms with Crippen molar-refractivity contribution in [3.05, 3.63) is 65.0 Å². The van der Waals surface area contributed by atoms with Gasteiger partial charge in [0.15, 0.2) is 0 Å². The Kier molecular flexibility index (Phi) is 4.17. The second kappa shape index (κ2) is 5.85. The predicted molar refractivity (Wildman–Crippen MR) is 74.7 cm³/mol. The molecule has 2 rings (SSSR count). The fraction of sp³-hybridized carbons (Fsp3) is 0.250. The first-order valence-electron chi connectivity index (χ1n) is 6.31. The highest BCUT2D eigenvalue weighted by Gasteiger charge is 2.11. The molecule has 0 radical (unpaired) electrons. The lowest BCUT2D eigenvalue weighted by Crippen LogP contribution is -2.19. The van der Waals surface area contributed by atoms with Gasteiger partial charge >= 0.3 is 0 Å². The van der Waals surface area contributed by atoms with Crippen LogP contribution in [-0.2, 0) is 6.42 Å².